The van der Waals surface area contributed by atoms with Crippen molar-refractivity contribution in [3.8, 4) is 0 Å². The molecule has 0 saturated carbocycles. The van der Waals surface area contributed by atoms with E-state index in [1.165, 1.54) is 0 Å². The van der Waals surface area contributed by atoms with E-state index in [-0.39, 0.29) is 25.9 Å². The molecule has 0 aliphatic carbocycles. The lowest BCUT2D eigenvalue weighted by Crippen LogP contribution is -2.09. The standard InChI is InChI=1S/C7H10O5S/c8-5(9)3-4-12-6(10)1-2-7(11)13/h1-4H2,(H,8,9)(H,11,13). The second kappa shape index (κ2) is 6.47. The predicted molar refractivity (Wildman–Crippen MR) is 46.4 cm³/mol. The van der Waals surface area contributed by atoms with E-state index in [2.05, 4.69) is 17.4 Å². The fraction of sp³-hybridized carbons (Fsp3) is 0.571. The van der Waals surface area contributed by atoms with Crippen LogP contribution in [0.1, 0.15) is 19.3 Å². The van der Waals surface area contributed by atoms with Crippen molar-refractivity contribution >= 4 is 29.7 Å². The normalized spacial score (nSPS) is 9.31. The summed E-state index contributed by atoms with van der Waals surface area (Å²) in [4.78, 5) is 31.0. The number of carbonyl (C=O) groups is 3. The maximum atomic E-state index is 10.7. The monoisotopic (exact) mass is 206 g/mol. The van der Waals surface area contributed by atoms with Crippen molar-refractivity contribution < 1.29 is 24.2 Å². The molecule has 13 heavy (non-hydrogen) atoms. The van der Waals surface area contributed by atoms with E-state index in [0.29, 0.717) is 0 Å². The fourth-order valence-corrected chi connectivity index (χ4v) is 0.645. The van der Waals surface area contributed by atoms with Gasteiger partial charge in [-0.15, -0.1) is 12.6 Å². The van der Waals surface area contributed by atoms with Crippen LogP contribution in [0.3, 0.4) is 0 Å². The molecule has 0 saturated heterocycles. The zero-order chi connectivity index (χ0) is 10.3. The van der Waals surface area contributed by atoms with Gasteiger partial charge in [0.2, 0.25) is 0 Å². The Morgan fingerprint density at radius 1 is 1.15 bits per heavy atom. The SMILES string of the molecule is O=C(O)CCOC(=O)CCC(=O)S. The van der Waals surface area contributed by atoms with Gasteiger partial charge in [0.25, 0.3) is 0 Å². The predicted octanol–water partition coefficient (Wildman–Crippen LogP) is 0.241. The van der Waals surface area contributed by atoms with E-state index in [0.717, 1.165) is 0 Å². The highest BCUT2D eigenvalue weighted by Crippen LogP contribution is 1.97. The third-order valence-corrected chi connectivity index (χ3v) is 1.35. The van der Waals surface area contributed by atoms with Gasteiger partial charge >= 0.3 is 11.9 Å². The second-order valence-electron chi connectivity index (χ2n) is 2.26. The number of esters is 1. The molecule has 5 nitrogen and oxygen atoms in total. The molecule has 6 heteroatoms. The number of aliphatic carboxylic acids is 1. The first kappa shape index (κ1) is 12.0. The molecule has 74 valence electrons. The van der Waals surface area contributed by atoms with E-state index in [1.54, 1.807) is 0 Å². The lowest BCUT2D eigenvalue weighted by molar-refractivity contribution is -0.147. The van der Waals surface area contributed by atoms with Crippen LogP contribution in [-0.2, 0) is 19.1 Å². The van der Waals surface area contributed by atoms with E-state index in [4.69, 9.17) is 5.11 Å². The van der Waals surface area contributed by atoms with Crippen LogP contribution in [0.4, 0.5) is 0 Å². The Morgan fingerprint density at radius 3 is 2.23 bits per heavy atom. The van der Waals surface area contributed by atoms with Crippen LogP contribution < -0.4 is 0 Å². The van der Waals surface area contributed by atoms with Gasteiger partial charge in [-0.25, -0.2) is 0 Å². The largest absolute Gasteiger partial charge is 0.481 e. The van der Waals surface area contributed by atoms with Gasteiger partial charge in [-0.05, 0) is 0 Å². The van der Waals surface area contributed by atoms with E-state index in [9.17, 15) is 14.4 Å². The Hall–Kier alpha value is -1.04. The van der Waals surface area contributed by atoms with Gasteiger partial charge in [0.15, 0.2) is 5.12 Å². The molecule has 0 amide bonds. The van der Waals surface area contributed by atoms with Crippen molar-refractivity contribution in [1.82, 2.24) is 0 Å². The van der Waals surface area contributed by atoms with Gasteiger partial charge in [-0.3, -0.25) is 14.4 Å². The minimum absolute atomic E-state index is 0.00894. The summed E-state index contributed by atoms with van der Waals surface area (Å²) in [5.74, 6) is -1.61. The Balaban J connectivity index is 3.41. The van der Waals surface area contributed by atoms with Crippen LogP contribution in [0.15, 0.2) is 0 Å². The molecule has 0 rings (SSSR count). The average Bonchev–Trinajstić information content (AvgIpc) is 2.00. The molecule has 0 atom stereocenters. The number of carboxylic acids is 1. The summed E-state index contributed by atoms with van der Waals surface area (Å²) >= 11 is 3.46. The molecule has 0 aliphatic heterocycles. The smallest absolute Gasteiger partial charge is 0.306 e. The van der Waals surface area contributed by atoms with Crippen molar-refractivity contribution in [2.75, 3.05) is 6.61 Å². The quantitative estimate of drug-likeness (QED) is 0.480. The molecular weight excluding hydrogens is 196 g/mol. The first-order valence-electron chi connectivity index (χ1n) is 3.61. The topological polar surface area (TPSA) is 80.7 Å². The molecule has 1 N–H and O–H groups in total. The van der Waals surface area contributed by atoms with Crippen LogP contribution >= 0.6 is 12.6 Å². The third-order valence-electron chi connectivity index (χ3n) is 1.12. The second-order valence-corrected chi connectivity index (χ2v) is 2.76. The van der Waals surface area contributed by atoms with Crippen LogP contribution in [0.2, 0.25) is 0 Å². The number of rotatable bonds is 6. The average molecular weight is 206 g/mol. The highest BCUT2D eigenvalue weighted by Gasteiger charge is 2.06. The first-order chi connectivity index (χ1) is 6.02. The fourth-order valence-electron chi connectivity index (χ4n) is 0.533. The Kier molecular flexibility index (Phi) is 5.96. The van der Waals surface area contributed by atoms with Gasteiger partial charge in [0.1, 0.15) is 6.61 Å². The van der Waals surface area contributed by atoms with Crippen molar-refractivity contribution in [1.29, 1.82) is 0 Å². The molecule has 0 spiro atoms. The molecule has 0 aromatic heterocycles. The third kappa shape index (κ3) is 8.87. The molecule has 0 aromatic rings. The Bertz CT molecular complexity index is 213. The summed E-state index contributed by atoms with van der Waals surface area (Å²) in [6, 6.07) is 0. The maximum absolute atomic E-state index is 10.7. The highest BCUT2D eigenvalue weighted by molar-refractivity contribution is 7.96. The number of carboxylic acid groups (broad SMARTS) is 1. The molecular formula is C7H10O5S. The summed E-state index contributed by atoms with van der Waals surface area (Å²) in [5, 5.41) is 7.79. The zero-order valence-corrected chi connectivity index (χ0v) is 7.75. The molecule has 0 radical (unpaired) electrons. The van der Waals surface area contributed by atoms with Gasteiger partial charge in [0, 0.05) is 6.42 Å². The van der Waals surface area contributed by atoms with Crippen molar-refractivity contribution in [2.24, 2.45) is 0 Å². The van der Waals surface area contributed by atoms with Crippen LogP contribution in [0, 0.1) is 0 Å². The van der Waals surface area contributed by atoms with Gasteiger partial charge in [-0.1, -0.05) is 0 Å². The molecule has 0 heterocycles. The molecule has 0 aliphatic rings. The van der Waals surface area contributed by atoms with Crippen LogP contribution in [0.25, 0.3) is 0 Å². The summed E-state index contributed by atoms with van der Waals surface area (Å²) in [6.45, 7) is -0.158. The number of hydrogen-bond donors (Lipinski definition) is 2. The number of hydrogen-bond acceptors (Lipinski definition) is 4. The summed E-state index contributed by atoms with van der Waals surface area (Å²) < 4.78 is 4.50. The Morgan fingerprint density at radius 2 is 1.77 bits per heavy atom. The van der Waals surface area contributed by atoms with Crippen LogP contribution in [0.5, 0.6) is 0 Å². The Labute approximate surface area is 80.5 Å². The first-order valence-corrected chi connectivity index (χ1v) is 4.06. The molecule has 0 aromatic carbocycles. The summed E-state index contributed by atoms with van der Waals surface area (Å²) in [7, 11) is 0. The summed E-state index contributed by atoms with van der Waals surface area (Å²) in [5.41, 5.74) is 0. The van der Waals surface area contributed by atoms with E-state index >= 15 is 0 Å². The minimum Gasteiger partial charge on any atom is -0.481 e. The van der Waals surface area contributed by atoms with Gasteiger partial charge in [-0.2, -0.15) is 0 Å². The molecule has 0 unspecified atom stereocenters. The number of carbonyl (C=O) groups excluding carboxylic acids is 2. The minimum atomic E-state index is -1.03. The lowest BCUT2D eigenvalue weighted by atomic mass is 10.3. The van der Waals surface area contributed by atoms with Gasteiger partial charge < -0.3 is 9.84 Å². The van der Waals surface area contributed by atoms with Gasteiger partial charge in [0.05, 0.1) is 12.8 Å². The zero-order valence-electron chi connectivity index (χ0n) is 6.86. The maximum Gasteiger partial charge on any atom is 0.306 e. The molecule has 0 bridgehead atoms. The van der Waals surface area contributed by atoms with Crippen molar-refractivity contribution in [3.63, 3.8) is 0 Å². The number of ether oxygens (including phenoxy) is 1. The van der Waals surface area contributed by atoms with Crippen molar-refractivity contribution in [3.05, 3.63) is 0 Å². The van der Waals surface area contributed by atoms with E-state index in [1.807, 2.05) is 0 Å². The summed E-state index contributed by atoms with van der Waals surface area (Å²) in [6.07, 6.45) is -0.266. The molecule has 0 fully saturated rings. The highest BCUT2D eigenvalue weighted by atomic mass is 32.1. The van der Waals surface area contributed by atoms with Crippen molar-refractivity contribution in [2.45, 2.75) is 19.3 Å². The van der Waals surface area contributed by atoms with Crippen LogP contribution in [-0.4, -0.2) is 28.8 Å². The number of thiol groups is 1. The lowest BCUT2D eigenvalue weighted by Gasteiger charge is -2.00. The van der Waals surface area contributed by atoms with E-state index < -0.39 is 17.1 Å².